The van der Waals surface area contributed by atoms with Crippen molar-refractivity contribution in [3.05, 3.63) is 29.3 Å². The van der Waals surface area contributed by atoms with Gasteiger partial charge in [-0.3, -0.25) is 0 Å². The SMILES string of the molecule is CC(C)CCc1ccc(OCCS)c(CCC(C)C)c1. The summed E-state index contributed by atoms with van der Waals surface area (Å²) in [6.45, 7) is 9.80. The second kappa shape index (κ2) is 9.33. The highest BCUT2D eigenvalue weighted by atomic mass is 32.1. The fourth-order valence-electron chi connectivity index (χ4n) is 2.18. The van der Waals surface area contributed by atoms with Crippen LogP contribution in [0.4, 0.5) is 0 Å². The Hall–Kier alpha value is -0.630. The molecule has 0 N–H and O–H groups in total. The zero-order valence-electron chi connectivity index (χ0n) is 13.5. The molecule has 0 aliphatic rings. The molecule has 0 heterocycles. The highest BCUT2D eigenvalue weighted by Gasteiger charge is 2.07. The van der Waals surface area contributed by atoms with Gasteiger partial charge in [0.2, 0.25) is 0 Å². The summed E-state index contributed by atoms with van der Waals surface area (Å²) in [6.07, 6.45) is 4.74. The molecule has 0 spiro atoms. The van der Waals surface area contributed by atoms with E-state index >= 15 is 0 Å². The number of thiol groups is 1. The zero-order valence-corrected chi connectivity index (χ0v) is 14.4. The van der Waals surface area contributed by atoms with Gasteiger partial charge in [0, 0.05) is 5.75 Å². The summed E-state index contributed by atoms with van der Waals surface area (Å²) in [6, 6.07) is 6.71. The van der Waals surface area contributed by atoms with E-state index in [1.165, 1.54) is 30.4 Å². The molecule has 0 bridgehead atoms. The smallest absolute Gasteiger partial charge is 0.122 e. The van der Waals surface area contributed by atoms with E-state index in [0.29, 0.717) is 6.61 Å². The Morgan fingerprint density at radius 2 is 1.65 bits per heavy atom. The van der Waals surface area contributed by atoms with Crippen LogP contribution in [0.2, 0.25) is 0 Å². The Morgan fingerprint density at radius 1 is 1.00 bits per heavy atom. The Morgan fingerprint density at radius 3 is 2.25 bits per heavy atom. The van der Waals surface area contributed by atoms with Crippen molar-refractivity contribution in [2.45, 2.75) is 53.4 Å². The lowest BCUT2D eigenvalue weighted by Gasteiger charge is -2.14. The minimum Gasteiger partial charge on any atom is -0.492 e. The van der Waals surface area contributed by atoms with Crippen molar-refractivity contribution in [3.8, 4) is 5.75 Å². The summed E-state index contributed by atoms with van der Waals surface area (Å²) in [5.74, 6) is 3.30. The predicted octanol–water partition coefficient (Wildman–Crippen LogP) is 5.17. The average Bonchev–Trinajstić information content (AvgIpc) is 2.41. The van der Waals surface area contributed by atoms with Gasteiger partial charge in [-0.1, -0.05) is 39.8 Å². The van der Waals surface area contributed by atoms with Crippen molar-refractivity contribution >= 4 is 12.6 Å². The van der Waals surface area contributed by atoms with Gasteiger partial charge in [0.05, 0.1) is 6.61 Å². The van der Waals surface area contributed by atoms with Crippen LogP contribution in [0.3, 0.4) is 0 Å². The third-order valence-corrected chi connectivity index (χ3v) is 3.66. The van der Waals surface area contributed by atoms with Crippen LogP contribution < -0.4 is 4.74 Å². The minimum atomic E-state index is 0.684. The van der Waals surface area contributed by atoms with Crippen LogP contribution in [-0.4, -0.2) is 12.4 Å². The Bertz CT molecular complexity index is 385. The van der Waals surface area contributed by atoms with Crippen molar-refractivity contribution in [1.29, 1.82) is 0 Å². The van der Waals surface area contributed by atoms with Crippen LogP contribution in [-0.2, 0) is 12.8 Å². The van der Waals surface area contributed by atoms with E-state index in [1.54, 1.807) is 0 Å². The van der Waals surface area contributed by atoms with Gasteiger partial charge in [-0.25, -0.2) is 0 Å². The summed E-state index contributed by atoms with van der Waals surface area (Å²) >= 11 is 4.22. The quantitative estimate of drug-likeness (QED) is 0.618. The number of rotatable bonds is 9. The molecular formula is C18H30OS. The van der Waals surface area contributed by atoms with Crippen LogP contribution >= 0.6 is 12.6 Å². The fraction of sp³-hybridized carbons (Fsp3) is 0.667. The van der Waals surface area contributed by atoms with Gasteiger partial charge in [-0.2, -0.15) is 12.6 Å². The van der Waals surface area contributed by atoms with Crippen LogP contribution in [0.15, 0.2) is 18.2 Å². The maximum Gasteiger partial charge on any atom is 0.122 e. The third-order valence-electron chi connectivity index (χ3n) is 3.48. The summed E-state index contributed by atoms with van der Waals surface area (Å²) in [7, 11) is 0. The molecule has 1 nitrogen and oxygen atoms in total. The maximum atomic E-state index is 5.82. The molecule has 0 aliphatic carbocycles. The van der Waals surface area contributed by atoms with Crippen LogP contribution in [0.5, 0.6) is 5.75 Å². The lowest BCUT2D eigenvalue weighted by molar-refractivity contribution is 0.339. The first-order chi connectivity index (χ1) is 9.52. The van der Waals surface area contributed by atoms with Crippen LogP contribution in [0, 0.1) is 11.8 Å². The van der Waals surface area contributed by atoms with Gasteiger partial charge in [0.15, 0.2) is 0 Å². The first-order valence-electron chi connectivity index (χ1n) is 7.88. The highest BCUT2D eigenvalue weighted by molar-refractivity contribution is 7.80. The molecule has 1 aromatic rings. The molecule has 0 radical (unpaired) electrons. The van der Waals surface area contributed by atoms with E-state index < -0.39 is 0 Å². The van der Waals surface area contributed by atoms with Gasteiger partial charge in [0.1, 0.15) is 5.75 Å². The van der Waals surface area contributed by atoms with E-state index in [-0.39, 0.29) is 0 Å². The lowest BCUT2D eigenvalue weighted by atomic mass is 9.97. The minimum absolute atomic E-state index is 0.684. The van der Waals surface area contributed by atoms with E-state index in [4.69, 9.17) is 4.74 Å². The van der Waals surface area contributed by atoms with Crippen LogP contribution in [0.1, 0.15) is 51.7 Å². The van der Waals surface area contributed by atoms with Gasteiger partial charge < -0.3 is 4.74 Å². The molecule has 0 aliphatic heterocycles. The Kier molecular flexibility index (Phi) is 8.13. The molecule has 20 heavy (non-hydrogen) atoms. The van der Waals surface area contributed by atoms with Gasteiger partial charge >= 0.3 is 0 Å². The summed E-state index contributed by atoms with van der Waals surface area (Å²) in [5, 5.41) is 0. The molecule has 0 unspecified atom stereocenters. The molecule has 0 fully saturated rings. The molecule has 0 saturated carbocycles. The van der Waals surface area contributed by atoms with E-state index in [2.05, 4.69) is 58.5 Å². The normalized spacial score (nSPS) is 11.3. The van der Waals surface area contributed by atoms with Crippen molar-refractivity contribution in [1.82, 2.24) is 0 Å². The molecular weight excluding hydrogens is 264 g/mol. The molecule has 0 aromatic heterocycles. The predicted molar refractivity (Wildman–Crippen MR) is 92.1 cm³/mol. The molecule has 0 amide bonds. The molecule has 114 valence electrons. The van der Waals surface area contributed by atoms with Crippen molar-refractivity contribution in [3.63, 3.8) is 0 Å². The standard InChI is InChI=1S/C18H30OS/c1-14(2)5-7-16-8-10-18(19-11-12-20)17(13-16)9-6-15(3)4/h8,10,13-15,20H,5-7,9,11-12H2,1-4H3. The summed E-state index contributed by atoms with van der Waals surface area (Å²) in [4.78, 5) is 0. The van der Waals surface area contributed by atoms with E-state index in [0.717, 1.165) is 29.8 Å². The summed E-state index contributed by atoms with van der Waals surface area (Å²) in [5.41, 5.74) is 2.80. The topological polar surface area (TPSA) is 9.23 Å². The van der Waals surface area contributed by atoms with Crippen LogP contribution in [0.25, 0.3) is 0 Å². The fourth-order valence-corrected chi connectivity index (χ4v) is 2.27. The number of aryl methyl sites for hydroxylation is 2. The van der Waals surface area contributed by atoms with Crippen molar-refractivity contribution in [2.75, 3.05) is 12.4 Å². The molecule has 1 aromatic carbocycles. The van der Waals surface area contributed by atoms with Crippen molar-refractivity contribution in [2.24, 2.45) is 11.8 Å². The molecule has 0 saturated heterocycles. The molecule has 0 atom stereocenters. The average molecular weight is 295 g/mol. The number of ether oxygens (including phenoxy) is 1. The third kappa shape index (κ3) is 6.69. The number of benzene rings is 1. The first kappa shape index (κ1) is 17.4. The number of hydrogen-bond donors (Lipinski definition) is 1. The Balaban J connectivity index is 2.77. The first-order valence-corrected chi connectivity index (χ1v) is 8.51. The van der Waals surface area contributed by atoms with Gasteiger partial charge in [0.25, 0.3) is 0 Å². The largest absolute Gasteiger partial charge is 0.492 e. The Labute approximate surface area is 130 Å². The highest BCUT2D eigenvalue weighted by Crippen LogP contribution is 2.24. The van der Waals surface area contributed by atoms with Gasteiger partial charge in [-0.15, -0.1) is 0 Å². The molecule has 2 heteroatoms. The van der Waals surface area contributed by atoms with E-state index in [1.807, 2.05) is 0 Å². The number of hydrogen-bond acceptors (Lipinski definition) is 2. The van der Waals surface area contributed by atoms with Gasteiger partial charge in [-0.05, 0) is 54.7 Å². The molecule has 1 rings (SSSR count). The zero-order chi connectivity index (χ0) is 15.0. The van der Waals surface area contributed by atoms with E-state index in [9.17, 15) is 0 Å². The summed E-state index contributed by atoms with van der Waals surface area (Å²) < 4.78 is 5.82. The second-order valence-corrected chi connectivity index (χ2v) is 6.83. The maximum absolute atomic E-state index is 5.82. The second-order valence-electron chi connectivity index (χ2n) is 6.38. The monoisotopic (exact) mass is 294 g/mol. The van der Waals surface area contributed by atoms with Crippen molar-refractivity contribution < 1.29 is 4.74 Å². The lowest BCUT2D eigenvalue weighted by Crippen LogP contribution is -2.03.